The molecule has 5 nitrogen and oxygen atoms in total. The average Bonchev–Trinajstić information content (AvgIpc) is 3.41. The molecule has 27 heavy (non-hydrogen) atoms. The van der Waals surface area contributed by atoms with E-state index in [0.717, 1.165) is 39.3 Å². The minimum atomic E-state index is 0.104. The molecule has 0 aromatic heterocycles. The minimum Gasteiger partial charge on any atom is -0.377 e. The second-order valence-corrected chi connectivity index (χ2v) is 8.31. The smallest absolute Gasteiger partial charge is 0.317 e. The van der Waals surface area contributed by atoms with Crippen LogP contribution in [-0.4, -0.2) is 61.3 Å². The largest absolute Gasteiger partial charge is 0.377 e. The molecule has 2 saturated heterocycles. The third-order valence-electron chi connectivity index (χ3n) is 6.45. The van der Waals surface area contributed by atoms with Gasteiger partial charge in [0.25, 0.3) is 0 Å². The number of amides is 2. The van der Waals surface area contributed by atoms with E-state index in [9.17, 15) is 4.79 Å². The summed E-state index contributed by atoms with van der Waals surface area (Å²) in [6, 6.07) is 10.8. The normalized spacial score (nSPS) is 25.6. The Morgan fingerprint density at radius 1 is 1.04 bits per heavy atom. The summed E-state index contributed by atoms with van der Waals surface area (Å²) in [6.45, 7) is 5.45. The fourth-order valence-electron chi connectivity index (χ4n) is 4.86. The quantitative estimate of drug-likeness (QED) is 0.862. The second kappa shape index (κ2) is 9.07. The maximum absolute atomic E-state index is 13.0. The zero-order valence-corrected chi connectivity index (χ0v) is 16.3. The highest BCUT2D eigenvalue weighted by molar-refractivity contribution is 5.75. The summed E-state index contributed by atoms with van der Waals surface area (Å²) in [5, 5.41) is 3.38. The highest BCUT2D eigenvalue weighted by Crippen LogP contribution is 2.35. The molecule has 3 aliphatic rings. The molecule has 2 unspecified atom stereocenters. The van der Waals surface area contributed by atoms with Crippen LogP contribution in [-0.2, 0) is 4.74 Å². The van der Waals surface area contributed by atoms with E-state index in [2.05, 4.69) is 34.5 Å². The number of benzene rings is 1. The van der Waals surface area contributed by atoms with Gasteiger partial charge >= 0.3 is 6.03 Å². The van der Waals surface area contributed by atoms with Gasteiger partial charge in [-0.15, -0.1) is 0 Å². The van der Waals surface area contributed by atoms with Crippen LogP contribution in [0, 0.1) is 5.92 Å². The van der Waals surface area contributed by atoms with Crippen LogP contribution in [0.3, 0.4) is 0 Å². The summed E-state index contributed by atoms with van der Waals surface area (Å²) in [5.41, 5.74) is 1.25. The van der Waals surface area contributed by atoms with E-state index in [0.29, 0.717) is 12.0 Å². The Morgan fingerprint density at radius 3 is 2.44 bits per heavy atom. The van der Waals surface area contributed by atoms with Crippen molar-refractivity contribution in [1.29, 1.82) is 0 Å². The van der Waals surface area contributed by atoms with Crippen LogP contribution in [0.5, 0.6) is 0 Å². The topological polar surface area (TPSA) is 44.8 Å². The van der Waals surface area contributed by atoms with Gasteiger partial charge in [-0.05, 0) is 37.2 Å². The van der Waals surface area contributed by atoms with Crippen LogP contribution in [0.25, 0.3) is 0 Å². The molecule has 1 aromatic carbocycles. The average molecular weight is 372 g/mol. The molecule has 2 heterocycles. The second-order valence-electron chi connectivity index (χ2n) is 8.31. The standard InChI is InChI=1S/C22H33N3O2/c26-22(25-14-12-24(13-15-25)17-20-11-6-16-27-20)23-21(19-9-4-5-10-19)18-7-2-1-3-8-18/h1-3,7-8,19-21H,4-6,9-17H2,(H,23,26). The molecule has 1 N–H and O–H groups in total. The predicted octanol–water partition coefficient (Wildman–Crippen LogP) is 3.42. The van der Waals surface area contributed by atoms with Crippen LogP contribution in [0.15, 0.2) is 30.3 Å². The summed E-state index contributed by atoms with van der Waals surface area (Å²) in [4.78, 5) is 17.4. The van der Waals surface area contributed by atoms with Crippen molar-refractivity contribution in [3.05, 3.63) is 35.9 Å². The lowest BCUT2D eigenvalue weighted by Gasteiger charge is -2.37. The van der Waals surface area contributed by atoms with Gasteiger partial charge in [0.2, 0.25) is 0 Å². The number of carbonyl (C=O) groups is 1. The van der Waals surface area contributed by atoms with E-state index in [1.54, 1.807) is 0 Å². The maximum Gasteiger partial charge on any atom is 0.317 e. The van der Waals surface area contributed by atoms with Crippen LogP contribution >= 0.6 is 0 Å². The number of rotatable bonds is 5. The Labute approximate surface area is 163 Å². The highest BCUT2D eigenvalue weighted by Gasteiger charge is 2.30. The van der Waals surface area contributed by atoms with Gasteiger partial charge in [-0.1, -0.05) is 43.2 Å². The van der Waals surface area contributed by atoms with Gasteiger partial charge in [-0.2, -0.15) is 0 Å². The molecular weight excluding hydrogens is 338 g/mol. The first-order valence-electron chi connectivity index (χ1n) is 10.7. The lowest BCUT2D eigenvalue weighted by Crippen LogP contribution is -2.53. The van der Waals surface area contributed by atoms with Gasteiger partial charge in [-0.3, -0.25) is 4.90 Å². The Kier molecular flexibility index (Phi) is 6.30. The summed E-state index contributed by atoms with van der Waals surface area (Å²) in [7, 11) is 0. The molecule has 5 heteroatoms. The molecule has 2 aliphatic heterocycles. The molecule has 3 fully saturated rings. The van der Waals surface area contributed by atoms with Crippen molar-refractivity contribution in [2.24, 2.45) is 5.92 Å². The fraction of sp³-hybridized carbons (Fsp3) is 0.682. The first kappa shape index (κ1) is 18.8. The van der Waals surface area contributed by atoms with Crippen LogP contribution in [0.1, 0.15) is 50.1 Å². The molecule has 148 valence electrons. The maximum atomic E-state index is 13.0. The molecule has 0 radical (unpaired) electrons. The Bertz CT molecular complexity index is 589. The molecule has 1 aromatic rings. The summed E-state index contributed by atoms with van der Waals surface area (Å²) in [6.07, 6.45) is 7.77. The molecule has 0 spiro atoms. The minimum absolute atomic E-state index is 0.104. The summed E-state index contributed by atoms with van der Waals surface area (Å²) >= 11 is 0. The predicted molar refractivity (Wildman–Crippen MR) is 107 cm³/mol. The van der Waals surface area contributed by atoms with Crippen molar-refractivity contribution in [3.8, 4) is 0 Å². The number of ether oxygens (including phenoxy) is 1. The van der Waals surface area contributed by atoms with Crippen LogP contribution < -0.4 is 5.32 Å². The Morgan fingerprint density at radius 2 is 1.78 bits per heavy atom. The van der Waals surface area contributed by atoms with E-state index in [1.807, 2.05) is 11.0 Å². The number of urea groups is 1. The van der Waals surface area contributed by atoms with E-state index < -0.39 is 0 Å². The Balaban J connectivity index is 1.31. The van der Waals surface area contributed by atoms with Crippen molar-refractivity contribution in [1.82, 2.24) is 15.1 Å². The van der Waals surface area contributed by atoms with Crippen LogP contribution in [0.2, 0.25) is 0 Å². The molecular formula is C22H33N3O2. The Hall–Kier alpha value is -1.59. The molecule has 1 aliphatic carbocycles. The highest BCUT2D eigenvalue weighted by atomic mass is 16.5. The molecule has 2 amide bonds. The van der Waals surface area contributed by atoms with Gasteiger partial charge in [0.15, 0.2) is 0 Å². The molecule has 1 saturated carbocycles. The molecule has 0 bridgehead atoms. The summed E-state index contributed by atoms with van der Waals surface area (Å²) < 4.78 is 5.75. The van der Waals surface area contributed by atoms with Gasteiger partial charge < -0.3 is 15.0 Å². The van der Waals surface area contributed by atoms with Crippen molar-refractivity contribution in [3.63, 3.8) is 0 Å². The lowest BCUT2D eigenvalue weighted by molar-refractivity contribution is 0.0556. The fourth-order valence-corrected chi connectivity index (χ4v) is 4.86. The van der Waals surface area contributed by atoms with E-state index in [4.69, 9.17) is 4.74 Å². The first-order chi connectivity index (χ1) is 13.3. The lowest BCUT2D eigenvalue weighted by atomic mass is 9.92. The first-order valence-corrected chi connectivity index (χ1v) is 10.7. The third kappa shape index (κ3) is 4.82. The van der Waals surface area contributed by atoms with Gasteiger partial charge in [0.05, 0.1) is 12.1 Å². The van der Waals surface area contributed by atoms with Crippen molar-refractivity contribution in [2.75, 3.05) is 39.3 Å². The van der Waals surface area contributed by atoms with Crippen molar-refractivity contribution >= 4 is 6.03 Å². The zero-order chi connectivity index (χ0) is 18.5. The summed E-state index contributed by atoms with van der Waals surface area (Å²) in [5.74, 6) is 0.567. The van der Waals surface area contributed by atoms with Gasteiger partial charge in [-0.25, -0.2) is 4.79 Å². The number of piperazine rings is 1. The molecule has 2 atom stereocenters. The van der Waals surface area contributed by atoms with Gasteiger partial charge in [0, 0.05) is 39.3 Å². The third-order valence-corrected chi connectivity index (χ3v) is 6.45. The van der Waals surface area contributed by atoms with Gasteiger partial charge in [0.1, 0.15) is 0 Å². The SMILES string of the molecule is O=C(NC(c1ccccc1)C1CCCC1)N1CCN(CC2CCCO2)CC1. The number of hydrogen-bond acceptors (Lipinski definition) is 3. The number of nitrogens with one attached hydrogen (secondary N) is 1. The van der Waals surface area contributed by atoms with Crippen molar-refractivity contribution < 1.29 is 9.53 Å². The number of nitrogens with zero attached hydrogens (tertiary/aromatic N) is 2. The number of hydrogen-bond donors (Lipinski definition) is 1. The van der Waals surface area contributed by atoms with E-state index in [1.165, 1.54) is 44.1 Å². The van der Waals surface area contributed by atoms with E-state index in [-0.39, 0.29) is 12.1 Å². The molecule has 4 rings (SSSR count). The van der Waals surface area contributed by atoms with Crippen molar-refractivity contribution in [2.45, 2.75) is 50.7 Å². The van der Waals surface area contributed by atoms with Crippen LogP contribution in [0.4, 0.5) is 4.79 Å². The zero-order valence-electron chi connectivity index (χ0n) is 16.3. The number of carbonyl (C=O) groups excluding carboxylic acids is 1. The monoisotopic (exact) mass is 371 g/mol. The van der Waals surface area contributed by atoms with E-state index >= 15 is 0 Å².